The fourth-order valence-electron chi connectivity index (χ4n) is 1.89. The van der Waals surface area contributed by atoms with Crippen LogP contribution in [0.15, 0.2) is 48.5 Å². The maximum Gasteiger partial charge on any atom is 0.233 e. The number of amides is 1. The van der Waals surface area contributed by atoms with Crippen molar-refractivity contribution < 1.29 is 9.18 Å². The largest absolute Gasteiger partial charge is 0.351 e. The lowest BCUT2D eigenvalue weighted by atomic mass is 10.1. The summed E-state index contributed by atoms with van der Waals surface area (Å²) in [5, 5.41) is 2.39. The Labute approximate surface area is 133 Å². The molecule has 0 aliphatic heterocycles. The van der Waals surface area contributed by atoms with Crippen molar-refractivity contribution in [2.75, 3.05) is 0 Å². The minimum atomic E-state index is -0.470. The second kappa shape index (κ2) is 7.48. The Hall–Kier alpha value is -1.52. The van der Waals surface area contributed by atoms with Crippen LogP contribution in [0.2, 0.25) is 5.02 Å². The first-order valence-corrected chi connectivity index (χ1v) is 7.39. The number of hydrogen-bond donors (Lipinski definition) is 2. The van der Waals surface area contributed by atoms with Crippen molar-refractivity contribution in [3.05, 3.63) is 70.5 Å². The number of carbonyl (C=O) groups excluding carboxylic acids is 1. The number of rotatable bonds is 5. The van der Waals surface area contributed by atoms with Crippen molar-refractivity contribution in [1.29, 1.82) is 0 Å². The molecule has 1 unspecified atom stereocenters. The molecule has 0 fully saturated rings. The van der Waals surface area contributed by atoms with E-state index in [0.29, 0.717) is 13.0 Å². The highest BCUT2D eigenvalue weighted by atomic mass is 35.5. The first-order chi connectivity index (χ1) is 10.1. The molecule has 0 spiro atoms. The summed E-state index contributed by atoms with van der Waals surface area (Å²) in [4.78, 5) is 12.0. The third-order valence-electron chi connectivity index (χ3n) is 3.03. The first-order valence-electron chi connectivity index (χ1n) is 6.50. The quantitative estimate of drug-likeness (QED) is 0.808. The zero-order chi connectivity index (χ0) is 15.2. The molecule has 2 aromatic carbocycles. The van der Waals surface area contributed by atoms with Crippen molar-refractivity contribution >= 4 is 30.1 Å². The van der Waals surface area contributed by atoms with E-state index in [-0.39, 0.29) is 10.9 Å². The van der Waals surface area contributed by atoms with Crippen LogP contribution in [0, 0.1) is 5.82 Å². The van der Waals surface area contributed by atoms with Gasteiger partial charge in [-0.05, 0) is 29.7 Å². The molecule has 0 saturated heterocycles. The normalized spacial score (nSPS) is 12.0. The van der Waals surface area contributed by atoms with Crippen LogP contribution >= 0.6 is 24.2 Å². The average molecular weight is 324 g/mol. The number of hydrogen-bond acceptors (Lipinski definition) is 2. The van der Waals surface area contributed by atoms with E-state index in [1.165, 1.54) is 12.1 Å². The van der Waals surface area contributed by atoms with Gasteiger partial charge in [-0.1, -0.05) is 48.0 Å². The van der Waals surface area contributed by atoms with E-state index in [1.54, 1.807) is 6.07 Å². The lowest BCUT2D eigenvalue weighted by Crippen LogP contribution is -2.32. The molecule has 2 nitrogen and oxygen atoms in total. The Balaban J connectivity index is 1.87. The van der Waals surface area contributed by atoms with E-state index in [9.17, 15) is 9.18 Å². The fraction of sp³-hybridized carbons (Fsp3) is 0.188. The molecule has 1 amide bonds. The minimum Gasteiger partial charge on any atom is -0.351 e. The van der Waals surface area contributed by atoms with E-state index in [1.807, 2.05) is 30.3 Å². The molecule has 21 heavy (non-hydrogen) atoms. The van der Waals surface area contributed by atoms with Crippen LogP contribution < -0.4 is 5.32 Å². The van der Waals surface area contributed by atoms with Gasteiger partial charge in [-0.3, -0.25) is 4.79 Å². The van der Waals surface area contributed by atoms with Crippen LogP contribution in [-0.4, -0.2) is 11.2 Å². The Kier molecular flexibility index (Phi) is 5.65. The highest BCUT2D eigenvalue weighted by Crippen LogP contribution is 2.16. The molecule has 0 aliphatic carbocycles. The van der Waals surface area contributed by atoms with Gasteiger partial charge in [-0.2, -0.15) is 12.6 Å². The molecule has 0 radical (unpaired) electrons. The predicted molar refractivity (Wildman–Crippen MR) is 86.2 cm³/mol. The average Bonchev–Trinajstić information content (AvgIpc) is 2.49. The lowest BCUT2D eigenvalue weighted by molar-refractivity contribution is -0.120. The molecular formula is C16H15ClFNOS. The molecule has 1 atom stereocenters. The topological polar surface area (TPSA) is 29.1 Å². The Morgan fingerprint density at radius 2 is 1.90 bits per heavy atom. The molecule has 110 valence electrons. The third kappa shape index (κ3) is 4.76. The van der Waals surface area contributed by atoms with Crippen molar-refractivity contribution in [3.63, 3.8) is 0 Å². The summed E-state index contributed by atoms with van der Waals surface area (Å²) >= 11 is 10.0. The van der Waals surface area contributed by atoms with Crippen LogP contribution in [0.4, 0.5) is 4.39 Å². The van der Waals surface area contributed by atoms with Crippen molar-refractivity contribution in [2.45, 2.75) is 18.2 Å². The third-order valence-corrected chi connectivity index (χ3v) is 3.73. The number of nitrogens with one attached hydrogen (secondary N) is 1. The van der Waals surface area contributed by atoms with E-state index < -0.39 is 11.1 Å². The fourth-order valence-corrected chi connectivity index (χ4v) is 2.39. The van der Waals surface area contributed by atoms with E-state index >= 15 is 0 Å². The summed E-state index contributed by atoms with van der Waals surface area (Å²) < 4.78 is 13.0. The standard InChI is InChI=1S/C16H15ClFNOS/c17-13-8-12(6-7-14(13)18)10-19-16(20)15(21)9-11-4-2-1-3-5-11/h1-8,15,21H,9-10H2,(H,19,20). The number of benzene rings is 2. The summed E-state index contributed by atoms with van der Waals surface area (Å²) in [5.41, 5.74) is 1.80. The van der Waals surface area contributed by atoms with Crippen molar-refractivity contribution in [3.8, 4) is 0 Å². The van der Waals surface area contributed by atoms with Crippen LogP contribution in [0.25, 0.3) is 0 Å². The van der Waals surface area contributed by atoms with Gasteiger partial charge in [0.2, 0.25) is 5.91 Å². The minimum absolute atomic E-state index is 0.0495. The molecule has 0 aromatic heterocycles. The van der Waals surface area contributed by atoms with Crippen LogP contribution in [-0.2, 0) is 17.8 Å². The summed E-state index contributed by atoms with van der Waals surface area (Å²) in [6.45, 7) is 0.296. The van der Waals surface area contributed by atoms with Gasteiger partial charge in [0, 0.05) is 6.54 Å². The van der Waals surface area contributed by atoms with Crippen LogP contribution in [0.5, 0.6) is 0 Å². The van der Waals surface area contributed by atoms with Gasteiger partial charge in [-0.25, -0.2) is 4.39 Å². The highest BCUT2D eigenvalue weighted by Gasteiger charge is 2.14. The molecule has 2 rings (SSSR count). The van der Waals surface area contributed by atoms with Gasteiger partial charge in [0.05, 0.1) is 10.3 Å². The first kappa shape index (κ1) is 15.9. The lowest BCUT2D eigenvalue weighted by Gasteiger charge is -2.12. The molecule has 1 N–H and O–H groups in total. The Morgan fingerprint density at radius 3 is 2.57 bits per heavy atom. The number of halogens is 2. The summed E-state index contributed by atoms with van der Waals surface area (Å²) in [6.07, 6.45) is 0.556. The van der Waals surface area contributed by atoms with Gasteiger partial charge in [0.1, 0.15) is 5.82 Å². The Bertz CT molecular complexity index is 621. The Morgan fingerprint density at radius 1 is 1.19 bits per heavy atom. The van der Waals surface area contributed by atoms with E-state index in [2.05, 4.69) is 17.9 Å². The van der Waals surface area contributed by atoms with Crippen LogP contribution in [0.3, 0.4) is 0 Å². The molecule has 0 bridgehead atoms. The maximum atomic E-state index is 13.0. The van der Waals surface area contributed by atoms with Gasteiger partial charge in [0.15, 0.2) is 0 Å². The zero-order valence-corrected chi connectivity index (χ0v) is 12.9. The molecule has 0 saturated carbocycles. The molecule has 0 heterocycles. The second-order valence-corrected chi connectivity index (χ2v) is 5.70. The van der Waals surface area contributed by atoms with Gasteiger partial charge in [0.25, 0.3) is 0 Å². The smallest absolute Gasteiger partial charge is 0.233 e. The maximum absolute atomic E-state index is 13.0. The van der Waals surface area contributed by atoms with Crippen molar-refractivity contribution in [2.24, 2.45) is 0 Å². The second-order valence-electron chi connectivity index (χ2n) is 4.67. The molecule has 2 aromatic rings. The number of carbonyl (C=O) groups is 1. The van der Waals surface area contributed by atoms with Gasteiger partial charge in [-0.15, -0.1) is 0 Å². The van der Waals surface area contributed by atoms with Crippen molar-refractivity contribution in [1.82, 2.24) is 5.32 Å². The molecule has 5 heteroatoms. The van der Waals surface area contributed by atoms with Gasteiger partial charge < -0.3 is 5.32 Å². The van der Waals surface area contributed by atoms with E-state index in [0.717, 1.165) is 11.1 Å². The summed E-state index contributed by atoms with van der Waals surface area (Å²) in [5.74, 6) is -0.634. The van der Waals surface area contributed by atoms with Crippen LogP contribution in [0.1, 0.15) is 11.1 Å². The predicted octanol–water partition coefficient (Wildman–Crippen LogP) is 3.64. The molecule has 0 aliphatic rings. The number of thiol groups is 1. The van der Waals surface area contributed by atoms with Gasteiger partial charge >= 0.3 is 0 Å². The zero-order valence-electron chi connectivity index (χ0n) is 11.2. The van der Waals surface area contributed by atoms with E-state index in [4.69, 9.17) is 11.6 Å². The molecular weight excluding hydrogens is 309 g/mol. The monoisotopic (exact) mass is 323 g/mol. The highest BCUT2D eigenvalue weighted by molar-refractivity contribution is 7.81. The summed E-state index contributed by atoms with van der Waals surface area (Å²) in [7, 11) is 0. The summed E-state index contributed by atoms with van der Waals surface area (Å²) in [6, 6.07) is 14.1. The SMILES string of the molecule is O=C(NCc1ccc(F)c(Cl)c1)C(S)Cc1ccccc1.